The summed E-state index contributed by atoms with van der Waals surface area (Å²) in [5.41, 5.74) is 7.00. The number of carboxylic acid groups (broad SMARTS) is 1. The van der Waals surface area contributed by atoms with Crippen LogP contribution in [0.3, 0.4) is 0 Å². The minimum Gasteiger partial charge on any atom is -0.550 e. The number of hydrogen-bond acceptors (Lipinski definition) is 5. The molecule has 0 spiro atoms. The minimum atomic E-state index is -1.17. The van der Waals surface area contributed by atoms with Crippen LogP contribution in [0.4, 0.5) is 5.00 Å². The number of rotatable bonds is 6. The van der Waals surface area contributed by atoms with Crippen LogP contribution in [0.5, 0.6) is 0 Å². The van der Waals surface area contributed by atoms with Gasteiger partial charge in [-0.25, -0.2) is 0 Å². The molecule has 3 atom stereocenters. The van der Waals surface area contributed by atoms with Crippen molar-refractivity contribution >= 4 is 34.1 Å². The maximum Gasteiger partial charge on any atom is 0.251 e. The lowest BCUT2D eigenvalue weighted by Gasteiger charge is -2.31. The van der Waals surface area contributed by atoms with Crippen LogP contribution in [0.15, 0.2) is 0 Å². The molecule has 0 saturated heterocycles. The number of amides is 2. The fourth-order valence-electron chi connectivity index (χ4n) is 4.59. The van der Waals surface area contributed by atoms with Gasteiger partial charge in [0.2, 0.25) is 5.91 Å². The number of primary amides is 1. The molecule has 27 heavy (non-hydrogen) atoms. The van der Waals surface area contributed by atoms with E-state index in [1.807, 2.05) is 0 Å². The summed E-state index contributed by atoms with van der Waals surface area (Å²) in [4.78, 5) is 37.4. The van der Waals surface area contributed by atoms with E-state index in [0.29, 0.717) is 29.3 Å². The molecule has 0 unspecified atom stereocenters. The molecule has 7 heteroatoms. The first-order valence-electron chi connectivity index (χ1n) is 9.88. The number of aliphatic carboxylic acids is 1. The lowest BCUT2D eigenvalue weighted by Crippen LogP contribution is -2.42. The third kappa shape index (κ3) is 4.18. The van der Waals surface area contributed by atoms with Crippen LogP contribution in [-0.2, 0) is 22.4 Å². The molecule has 1 aromatic rings. The van der Waals surface area contributed by atoms with Crippen LogP contribution < -0.4 is 16.2 Å². The second-order valence-electron chi connectivity index (χ2n) is 7.78. The van der Waals surface area contributed by atoms with Gasteiger partial charge in [-0.15, -0.1) is 11.3 Å². The van der Waals surface area contributed by atoms with Crippen molar-refractivity contribution in [2.24, 2.45) is 23.5 Å². The van der Waals surface area contributed by atoms with Gasteiger partial charge < -0.3 is 21.0 Å². The van der Waals surface area contributed by atoms with Crippen LogP contribution in [0.2, 0.25) is 0 Å². The van der Waals surface area contributed by atoms with Crippen molar-refractivity contribution in [2.75, 3.05) is 5.32 Å². The lowest BCUT2D eigenvalue weighted by molar-refractivity contribution is -0.313. The molecule has 2 amide bonds. The van der Waals surface area contributed by atoms with Crippen molar-refractivity contribution in [3.05, 3.63) is 16.0 Å². The minimum absolute atomic E-state index is 0.338. The van der Waals surface area contributed by atoms with Crippen LogP contribution in [-0.4, -0.2) is 17.8 Å². The SMILES string of the molecule is CCC[C@H]1CCc2c(sc(NC(=O)[C@@H]3CCCC[C@@H]3C(=O)[O-])c2C(N)=O)C1. The fraction of sp³-hybridized carbons (Fsp3) is 0.650. The summed E-state index contributed by atoms with van der Waals surface area (Å²) in [5, 5.41) is 14.7. The summed E-state index contributed by atoms with van der Waals surface area (Å²) in [6.45, 7) is 2.17. The molecule has 3 N–H and O–H groups in total. The summed E-state index contributed by atoms with van der Waals surface area (Å²) < 4.78 is 0. The molecule has 2 aliphatic rings. The number of fused-ring (bicyclic) bond motifs is 1. The Morgan fingerprint density at radius 2 is 1.89 bits per heavy atom. The first-order valence-corrected chi connectivity index (χ1v) is 10.7. The molecule has 0 radical (unpaired) electrons. The van der Waals surface area contributed by atoms with Crippen molar-refractivity contribution < 1.29 is 19.5 Å². The molecule has 0 aliphatic heterocycles. The largest absolute Gasteiger partial charge is 0.550 e. The average Bonchev–Trinajstić information content (AvgIpc) is 2.99. The Balaban J connectivity index is 1.83. The lowest BCUT2D eigenvalue weighted by atomic mass is 9.78. The summed E-state index contributed by atoms with van der Waals surface area (Å²) in [7, 11) is 0. The Morgan fingerprint density at radius 1 is 1.19 bits per heavy atom. The van der Waals surface area contributed by atoms with E-state index in [9.17, 15) is 19.5 Å². The zero-order chi connectivity index (χ0) is 19.6. The molecule has 0 bridgehead atoms. The number of carbonyl (C=O) groups excluding carboxylic acids is 3. The molecule has 1 saturated carbocycles. The van der Waals surface area contributed by atoms with E-state index in [2.05, 4.69) is 12.2 Å². The van der Waals surface area contributed by atoms with Crippen LogP contribution in [0.25, 0.3) is 0 Å². The van der Waals surface area contributed by atoms with Crippen LogP contribution >= 0.6 is 11.3 Å². The number of anilines is 1. The number of thiophene rings is 1. The number of nitrogens with two attached hydrogens (primary N) is 1. The van der Waals surface area contributed by atoms with Crippen molar-refractivity contribution in [3.63, 3.8) is 0 Å². The number of nitrogens with one attached hydrogen (secondary N) is 1. The Kier molecular flexibility index (Phi) is 6.19. The zero-order valence-electron chi connectivity index (χ0n) is 15.7. The van der Waals surface area contributed by atoms with Gasteiger partial charge in [0.1, 0.15) is 5.00 Å². The second kappa shape index (κ2) is 8.42. The smallest absolute Gasteiger partial charge is 0.251 e. The standard InChI is InChI=1S/C20H28N2O4S/c1-2-5-11-8-9-14-15(10-11)27-19(16(14)17(21)23)22-18(24)12-6-3-4-7-13(12)20(25)26/h11-13H,2-10H2,1H3,(H2,21,23)(H,22,24)(H,25,26)/p-1/t11-,12+,13-/m0/s1. The van der Waals surface area contributed by atoms with Gasteiger partial charge in [0.15, 0.2) is 0 Å². The molecule has 3 rings (SSSR count). The summed E-state index contributed by atoms with van der Waals surface area (Å²) in [6.07, 6.45) is 7.63. The van der Waals surface area contributed by atoms with Gasteiger partial charge in [-0.1, -0.05) is 32.6 Å². The van der Waals surface area contributed by atoms with E-state index in [4.69, 9.17) is 5.73 Å². The summed E-state index contributed by atoms with van der Waals surface area (Å²) >= 11 is 1.43. The molecule has 1 fully saturated rings. The third-order valence-corrected chi connectivity index (χ3v) is 7.12. The van der Waals surface area contributed by atoms with Gasteiger partial charge in [0, 0.05) is 22.7 Å². The van der Waals surface area contributed by atoms with Crippen LogP contribution in [0.1, 0.15) is 72.7 Å². The Hall–Kier alpha value is -1.89. The Morgan fingerprint density at radius 3 is 2.52 bits per heavy atom. The fourth-order valence-corrected chi connectivity index (χ4v) is 5.96. The summed E-state index contributed by atoms with van der Waals surface area (Å²) in [6, 6.07) is 0. The molecule has 6 nitrogen and oxygen atoms in total. The summed E-state index contributed by atoms with van der Waals surface area (Å²) in [5.74, 6) is -2.81. The number of carbonyl (C=O) groups is 3. The van der Waals surface area contributed by atoms with Crippen molar-refractivity contribution in [3.8, 4) is 0 Å². The number of carboxylic acids is 1. The molecule has 148 valence electrons. The van der Waals surface area contributed by atoms with E-state index >= 15 is 0 Å². The normalized spacial score (nSPS) is 24.9. The molecule has 0 aromatic carbocycles. The monoisotopic (exact) mass is 391 g/mol. The zero-order valence-corrected chi connectivity index (χ0v) is 16.5. The van der Waals surface area contributed by atoms with Crippen molar-refractivity contribution in [1.29, 1.82) is 0 Å². The first kappa shape index (κ1) is 19.9. The highest BCUT2D eigenvalue weighted by Crippen LogP contribution is 2.41. The van der Waals surface area contributed by atoms with E-state index < -0.39 is 23.7 Å². The highest BCUT2D eigenvalue weighted by molar-refractivity contribution is 7.17. The molecular weight excluding hydrogens is 364 g/mol. The quantitative estimate of drug-likeness (QED) is 0.774. The highest BCUT2D eigenvalue weighted by Gasteiger charge is 2.34. The molecule has 1 heterocycles. The van der Waals surface area contributed by atoms with E-state index in [1.54, 1.807) is 0 Å². The van der Waals surface area contributed by atoms with Gasteiger partial charge in [-0.05, 0) is 43.6 Å². The number of hydrogen-bond donors (Lipinski definition) is 2. The first-order chi connectivity index (χ1) is 12.9. The van der Waals surface area contributed by atoms with E-state index in [1.165, 1.54) is 11.3 Å². The van der Waals surface area contributed by atoms with Gasteiger partial charge in [0.25, 0.3) is 5.91 Å². The van der Waals surface area contributed by atoms with E-state index in [-0.39, 0.29) is 5.91 Å². The Labute approximate surface area is 163 Å². The molecule has 2 aliphatic carbocycles. The van der Waals surface area contributed by atoms with Crippen molar-refractivity contribution in [1.82, 2.24) is 0 Å². The Bertz CT molecular complexity index is 743. The highest BCUT2D eigenvalue weighted by atomic mass is 32.1. The molecular formula is C20H27N2O4S-. The van der Waals surface area contributed by atoms with Crippen molar-refractivity contribution in [2.45, 2.75) is 64.7 Å². The van der Waals surface area contributed by atoms with Crippen LogP contribution in [0, 0.1) is 17.8 Å². The average molecular weight is 392 g/mol. The predicted molar refractivity (Wildman–Crippen MR) is 102 cm³/mol. The third-order valence-electron chi connectivity index (χ3n) is 5.95. The second-order valence-corrected chi connectivity index (χ2v) is 8.88. The predicted octanol–water partition coefficient (Wildman–Crippen LogP) is 2.25. The maximum atomic E-state index is 12.8. The topological polar surface area (TPSA) is 112 Å². The maximum absolute atomic E-state index is 12.8. The van der Waals surface area contributed by atoms with Gasteiger partial charge in [-0.2, -0.15) is 0 Å². The van der Waals surface area contributed by atoms with Gasteiger partial charge >= 0.3 is 0 Å². The van der Waals surface area contributed by atoms with Gasteiger partial charge in [-0.3, -0.25) is 9.59 Å². The van der Waals surface area contributed by atoms with E-state index in [0.717, 1.165) is 55.4 Å². The van der Waals surface area contributed by atoms with Gasteiger partial charge in [0.05, 0.1) is 5.56 Å². The molecule has 1 aromatic heterocycles.